The van der Waals surface area contributed by atoms with Gasteiger partial charge in [0.1, 0.15) is 19.8 Å². The molecule has 0 saturated carbocycles. The second-order valence-corrected chi connectivity index (χ2v) is 23.4. The van der Waals surface area contributed by atoms with E-state index in [1.54, 1.807) is 0 Å². The number of phosphoric acid groups is 1. The fourth-order valence-electron chi connectivity index (χ4n) is 8.27. The number of unbranched alkanes of at least 4 members (excludes halogenated alkanes) is 21. The fourth-order valence-corrected chi connectivity index (χ4v) is 9.00. The first-order chi connectivity index (χ1) is 39.0. The number of likely N-dealkylation sites (N-methyl/N-ethyl adjacent to an activating group) is 1. The average Bonchev–Trinajstić information content (AvgIpc) is 3.42. The van der Waals surface area contributed by atoms with Gasteiger partial charge in [0, 0.05) is 12.8 Å². The van der Waals surface area contributed by atoms with E-state index < -0.39 is 32.5 Å². The molecule has 0 heterocycles. The van der Waals surface area contributed by atoms with E-state index in [0.717, 1.165) is 128 Å². The van der Waals surface area contributed by atoms with Crippen molar-refractivity contribution in [3.63, 3.8) is 0 Å². The first-order valence-corrected chi connectivity index (χ1v) is 33.4. The maximum atomic E-state index is 12.8. The van der Waals surface area contributed by atoms with Gasteiger partial charge in [0.05, 0.1) is 27.7 Å². The lowest BCUT2D eigenvalue weighted by molar-refractivity contribution is -0.870. The number of nitrogens with zero attached hydrogens (tertiary/aromatic N) is 1. The number of carbonyl (C=O) groups excluding carboxylic acids is 2. The summed E-state index contributed by atoms with van der Waals surface area (Å²) in [6.45, 7) is 4.09. The Bertz CT molecular complexity index is 1810. The Morgan fingerprint density at radius 1 is 0.400 bits per heavy atom. The Labute approximate surface area is 491 Å². The van der Waals surface area contributed by atoms with Gasteiger partial charge < -0.3 is 27.9 Å². The van der Waals surface area contributed by atoms with Crippen LogP contribution in [0.5, 0.6) is 0 Å². The van der Waals surface area contributed by atoms with E-state index in [1.165, 1.54) is 77.0 Å². The van der Waals surface area contributed by atoms with Crippen molar-refractivity contribution in [3.8, 4) is 0 Å². The van der Waals surface area contributed by atoms with Gasteiger partial charge in [-0.25, -0.2) is 0 Å². The van der Waals surface area contributed by atoms with E-state index in [9.17, 15) is 19.0 Å². The predicted octanol–water partition coefficient (Wildman–Crippen LogP) is 19.9. The van der Waals surface area contributed by atoms with Crippen molar-refractivity contribution in [2.75, 3.05) is 47.5 Å². The number of phosphoric ester groups is 1. The summed E-state index contributed by atoms with van der Waals surface area (Å²) in [5.41, 5.74) is 0. The molecular formula is C70H118NO8P. The maximum Gasteiger partial charge on any atom is 0.306 e. The van der Waals surface area contributed by atoms with Crippen LogP contribution >= 0.6 is 7.82 Å². The largest absolute Gasteiger partial charge is 0.756 e. The number of ether oxygens (including phenoxy) is 2. The van der Waals surface area contributed by atoms with Gasteiger partial charge in [-0.15, -0.1) is 0 Å². The highest BCUT2D eigenvalue weighted by Gasteiger charge is 2.22. The van der Waals surface area contributed by atoms with Crippen LogP contribution in [0.3, 0.4) is 0 Å². The highest BCUT2D eigenvalue weighted by atomic mass is 31.2. The molecule has 456 valence electrons. The Balaban J connectivity index is 4.17. The van der Waals surface area contributed by atoms with E-state index >= 15 is 0 Å². The highest BCUT2D eigenvalue weighted by Crippen LogP contribution is 2.38. The molecule has 0 aliphatic rings. The molecule has 80 heavy (non-hydrogen) atoms. The van der Waals surface area contributed by atoms with Gasteiger partial charge in [-0.2, -0.15) is 0 Å². The normalized spacial score (nSPS) is 14.1. The lowest BCUT2D eigenvalue weighted by Gasteiger charge is -2.28. The van der Waals surface area contributed by atoms with Crippen molar-refractivity contribution >= 4 is 19.8 Å². The number of quaternary nitrogens is 1. The molecule has 0 rings (SSSR count). The molecule has 0 amide bonds. The van der Waals surface area contributed by atoms with Gasteiger partial charge in [-0.05, 0) is 116 Å². The molecule has 0 saturated heterocycles. The zero-order chi connectivity index (χ0) is 58.4. The van der Waals surface area contributed by atoms with Crippen LogP contribution in [-0.2, 0) is 32.7 Å². The van der Waals surface area contributed by atoms with Gasteiger partial charge in [0.15, 0.2) is 6.10 Å². The second-order valence-electron chi connectivity index (χ2n) is 22.0. The van der Waals surface area contributed by atoms with Crippen LogP contribution in [0, 0.1) is 0 Å². The molecule has 0 aliphatic heterocycles. The minimum atomic E-state index is -4.65. The van der Waals surface area contributed by atoms with E-state index in [-0.39, 0.29) is 26.1 Å². The maximum absolute atomic E-state index is 12.8. The molecular weight excluding hydrogens is 1010 g/mol. The van der Waals surface area contributed by atoms with Crippen molar-refractivity contribution in [2.24, 2.45) is 0 Å². The average molecular weight is 1130 g/mol. The topological polar surface area (TPSA) is 111 Å². The standard InChI is InChI=1S/C70H118NO8P/c1-6-8-10-12-14-16-18-20-22-24-26-28-29-30-31-32-33-34-35-36-37-38-39-40-41-43-45-47-49-51-53-55-57-59-61-63-70(73)79-68(67-78-80(74,75)77-65-64-71(3,4)5)66-76-69(72)62-60-58-56-54-52-50-48-46-44-42-27-25-23-21-19-17-15-13-11-9-7-2/h8,10,14,16,19-22,25-28,30-31,33-34,36-37,39-40,44,46,68H,6-7,9,11-13,15,17-18,23-24,29,32,35,38,41-43,45,47-67H2,1-5H3/b10-8-,16-14-,21-19-,22-20-,27-25-,28-26-,31-30-,34-33-,37-36-,40-39-,46-44-. The minimum absolute atomic E-state index is 0.0407. The van der Waals surface area contributed by atoms with Crippen molar-refractivity contribution in [1.29, 1.82) is 0 Å². The van der Waals surface area contributed by atoms with Crippen LogP contribution in [0.4, 0.5) is 0 Å². The fraction of sp³-hybridized carbons (Fsp3) is 0.657. The number of esters is 2. The molecule has 0 aromatic carbocycles. The molecule has 0 spiro atoms. The lowest BCUT2D eigenvalue weighted by atomic mass is 10.0. The summed E-state index contributed by atoms with van der Waals surface area (Å²) in [6.07, 6.45) is 86.4. The Morgan fingerprint density at radius 3 is 1.06 bits per heavy atom. The van der Waals surface area contributed by atoms with Crippen molar-refractivity contribution in [3.05, 3.63) is 134 Å². The summed E-state index contributed by atoms with van der Waals surface area (Å²) in [5.74, 6) is -0.859. The number of hydrogen-bond donors (Lipinski definition) is 0. The van der Waals surface area contributed by atoms with Gasteiger partial charge in [0.2, 0.25) is 0 Å². The summed E-state index contributed by atoms with van der Waals surface area (Å²) in [4.78, 5) is 38.0. The molecule has 2 atom stereocenters. The second kappa shape index (κ2) is 59.8. The molecule has 0 aromatic rings. The van der Waals surface area contributed by atoms with E-state index in [1.807, 2.05) is 21.1 Å². The predicted molar refractivity (Wildman–Crippen MR) is 341 cm³/mol. The zero-order valence-electron chi connectivity index (χ0n) is 51.7. The van der Waals surface area contributed by atoms with Crippen molar-refractivity contribution < 1.29 is 42.1 Å². The SMILES string of the molecule is CC/C=C\C/C=C\C/C=C\C/C=C\C/C=C\C/C=C\C/C=C\C/C=C\CCCCCCCCCCCCC(=O)OC(COC(=O)CCCCCCCC/C=C\C/C=C\C/C=C\CCCCCCC)COP(=O)([O-])OCC[N+](C)(C)C. The van der Waals surface area contributed by atoms with Crippen LogP contribution < -0.4 is 4.89 Å². The first-order valence-electron chi connectivity index (χ1n) is 31.9. The minimum Gasteiger partial charge on any atom is -0.756 e. The molecule has 0 radical (unpaired) electrons. The van der Waals surface area contributed by atoms with Crippen molar-refractivity contribution in [2.45, 2.75) is 251 Å². The quantitative estimate of drug-likeness (QED) is 0.0195. The molecule has 0 fully saturated rings. The van der Waals surface area contributed by atoms with E-state index in [4.69, 9.17) is 18.5 Å². The summed E-state index contributed by atoms with van der Waals surface area (Å²) in [5, 5.41) is 0. The monoisotopic (exact) mass is 1130 g/mol. The molecule has 0 bridgehead atoms. The van der Waals surface area contributed by atoms with Crippen LogP contribution in [0.25, 0.3) is 0 Å². The van der Waals surface area contributed by atoms with E-state index in [0.29, 0.717) is 23.9 Å². The molecule has 0 aliphatic carbocycles. The Kier molecular flexibility index (Phi) is 56.9. The lowest BCUT2D eigenvalue weighted by Crippen LogP contribution is -2.37. The molecule has 2 unspecified atom stereocenters. The summed E-state index contributed by atoms with van der Waals surface area (Å²) in [7, 11) is 1.14. The number of hydrogen-bond acceptors (Lipinski definition) is 8. The smallest absolute Gasteiger partial charge is 0.306 e. The van der Waals surface area contributed by atoms with Crippen LogP contribution in [-0.4, -0.2) is 70.0 Å². The first kappa shape index (κ1) is 76.1. The summed E-state index contributed by atoms with van der Waals surface area (Å²) >= 11 is 0. The van der Waals surface area contributed by atoms with Gasteiger partial charge in [-0.1, -0.05) is 250 Å². The van der Waals surface area contributed by atoms with Crippen molar-refractivity contribution in [1.82, 2.24) is 0 Å². The number of rotatable bonds is 57. The van der Waals surface area contributed by atoms with Gasteiger partial charge in [0.25, 0.3) is 7.82 Å². The molecule has 0 aromatic heterocycles. The van der Waals surface area contributed by atoms with Crippen LogP contribution in [0.15, 0.2) is 134 Å². The van der Waals surface area contributed by atoms with Gasteiger partial charge in [-0.3, -0.25) is 14.2 Å². The summed E-state index contributed by atoms with van der Waals surface area (Å²) in [6, 6.07) is 0. The third-order valence-corrected chi connectivity index (χ3v) is 14.1. The highest BCUT2D eigenvalue weighted by molar-refractivity contribution is 7.45. The molecule has 0 N–H and O–H groups in total. The third-order valence-electron chi connectivity index (χ3n) is 13.2. The Morgan fingerprint density at radius 2 is 0.713 bits per heavy atom. The summed E-state index contributed by atoms with van der Waals surface area (Å²) < 4.78 is 34.2. The molecule has 10 heteroatoms. The van der Waals surface area contributed by atoms with E-state index in [2.05, 4.69) is 148 Å². The van der Waals surface area contributed by atoms with Gasteiger partial charge >= 0.3 is 11.9 Å². The number of carbonyl (C=O) groups is 2. The number of allylic oxidation sites excluding steroid dienone is 22. The van der Waals surface area contributed by atoms with Crippen LogP contribution in [0.2, 0.25) is 0 Å². The Hall–Kier alpha value is -3.85. The zero-order valence-corrected chi connectivity index (χ0v) is 52.6. The molecule has 9 nitrogen and oxygen atoms in total. The van der Waals surface area contributed by atoms with Crippen LogP contribution in [0.1, 0.15) is 245 Å². The third kappa shape index (κ3) is 63.3.